The van der Waals surface area contributed by atoms with E-state index in [-0.39, 0.29) is 12.1 Å². The third kappa shape index (κ3) is 1.54. The Balaban J connectivity index is 1.79. The second-order valence-corrected chi connectivity index (χ2v) is 6.53. The topological polar surface area (TPSA) is 29.5 Å². The van der Waals surface area contributed by atoms with E-state index in [1.165, 1.54) is 6.42 Å². The molecular formula is C14H19NO2. The Morgan fingerprint density at radius 1 is 1.29 bits per heavy atom. The molecule has 0 unspecified atom stereocenters. The summed E-state index contributed by atoms with van der Waals surface area (Å²) in [4.78, 5) is 14.0. The number of piperidine rings is 1. The zero-order valence-corrected chi connectivity index (χ0v) is 10.6. The number of carbonyl (C=O) groups excluding carboxylic acids is 1. The molecule has 2 bridgehead atoms. The van der Waals surface area contributed by atoms with Gasteiger partial charge in [-0.1, -0.05) is 5.92 Å². The van der Waals surface area contributed by atoms with Crippen LogP contribution in [0.1, 0.15) is 33.6 Å². The van der Waals surface area contributed by atoms with Gasteiger partial charge in [0.2, 0.25) is 0 Å². The number of hydrogen-bond acceptors (Lipinski definition) is 2. The number of terminal acetylenes is 1. The summed E-state index contributed by atoms with van der Waals surface area (Å²) >= 11 is 0. The van der Waals surface area contributed by atoms with E-state index in [1.54, 1.807) is 0 Å². The molecule has 2 aliphatic carbocycles. The summed E-state index contributed by atoms with van der Waals surface area (Å²) in [6.07, 6.45) is 7.71. The molecule has 3 aliphatic rings. The van der Waals surface area contributed by atoms with Gasteiger partial charge in [-0.2, -0.15) is 0 Å². The van der Waals surface area contributed by atoms with Crippen LogP contribution in [-0.4, -0.2) is 28.7 Å². The van der Waals surface area contributed by atoms with Crippen molar-refractivity contribution in [3.05, 3.63) is 0 Å². The van der Waals surface area contributed by atoms with E-state index in [0.717, 1.165) is 12.3 Å². The van der Waals surface area contributed by atoms with Crippen LogP contribution in [0.3, 0.4) is 0 Å². The van der Waals surface area contributed by atoms with Crippen LogP contribution in [0.25, 0.3) is 0 Å². The number of hydrogen-bond donors (Lipinski definition) is 0. The lowest BCUT2D eigenvalue weighted by Gasteiger charge is -2.33. The maximum Gasteiger partial charge on any atom is 0.411 e. The Kier molecular flexibility index (Phi) is 2.05. The van der Waals surface area contributed by atoms with Gasteiger partial charge in [-0.15, -0.1) is 6.42 Å². The lowest BCUT2D eigenvalue weighted by atomic mass is 9.97. The van der Waals surface area contributed by atoms with E-state index in [2.05, 4.69) is 5.92 Å². The molecule has 0 N–H and O–H groups in total. The van der Waals surface area contributed by atoms with Crippen molar-refractivity contribution in [2.45, 2.75) is 51.3 Å². The first-order valence-electron chi connectivity index (χ1n) is 6.40. The summed E-state index contributed by atoms with van der Waals surface area (Å²) in [6, 6.07) is 0.319. The molecule has 0 aromatic rings. The Hall–Kier alpha value is -1.17. The number of fused-ring (bicyclic) bond motifs is 5. The minimum Gasteiger partial charge on any atom is -0.444 e. The van der Waals surface area contributed by atoms with Crippen LogP contribution in [0.5, 0.6) is 0 Å². The molecule has 3 heteroatoms. The quantitative estimate of drug-likeness (QED) is 0.601. The number of likely N-dealkylation sites (tertiary alicyclic amines) is 1. The van der Waals surface area contributed by atoms with E-state index in [0.29, 0.717) is 17.9 Å². The van der Waals surface area contributed by atoms with Gasteiger partial charge in [0.25, 0.3) is 0 Å². The standard InChI is InChI=1S/C14H19NO2/c1-5-11-10-7-12(9-6-8(9)10)15(11)13(16)17-14(2,3)4/h1,8-12H,6-7H2,2-4H3/t8-,9+,10-,11-,12+/m0/s1. The molecule has 1 amide bonds. The molecule has 1 heterocycles. The van der Waals surface area contributed by atoms with Crippen LogP contribution in [0, 0.1) is 30.1 Å². The van der Waals surface area contributed by atoms with Crippen LogP contribution in [0.4, 0.5) is 4.79 Å². The van der Waals surface area contributed by atoms with Gasteiger partial charge in [0, 0.05) is 6.04 Å². The Bertz CT molecular complexity index is 403. The lowest BCUT2D eigenvalue weighted by Crippen LogP contribution is -2.47. The molecule has 92 valence electrons. The van der Waals surface area contributed by atoms with Crippen molar-refractivity contribution in [1.82, 2.24) is 4.90 Å². The number of carbonyl (C=O) groups is 1. The highest BCUT2D eigenvalue weighted by molar-refractivity contribution is 5.71. The monoisotopic (exact) mass is 233 g/mol. The maximum absolute atomic E-state index is 12.2. The molecule has 1 aliphatic heterocycles. The SMILES string of the molecule is C#C[C@H]1[C@H]2C[C@H]([C@@H]3C[C@@H]32)N1C(=O)OC(C)(C)C. The normalized spacial score (nSPS) is 42.0. The molecule has 17 heavy (non-hydrogen) atoms. The molecule has 0 spiro atoms. The molecule has 3 rings (SSSR count). The van der Waals surface area contributed by atoms with Crippen LogP contribution >= 0.6 is 0 Å². The molecule has 0 radical (unpaired) electrons. The zero-order valence-electron chi connectivity index (χ0n) is 10.6. The Labute approximate surface area is 103 Å². The predicted octanol–water partition coefficient (Wildman–Crippen LogP) is 2.26. The summed E-state index contributed by atoms with van der Waals surface area (Å²) in [7, 11) is 0. The first-order chi connectivity index (χ1) is 7.92. The lowest BCUT2D eigenvalue weighted by molar-refractivity contribution is 0.0122. The molecule has 5 atom stereocenters. The van der Waals surface area contributed by atoms with Crippen molar-refractivity contribution in [1.29, 1.82) is 0 Å². The van der Waals surface area contributed by atoms with E-state index in [9.17, 15) is 4.79 Å². The smallest absolute Gasteiger partial charge is 0.411 e. The van der Waals surface area contributed by atoms with Gasteiger partial charge < -0.3 is 4.74 Å². The number of ether oxygens (including phenoxy) is 1. The predicted molar refractivity (Wildman–Crippen MR) is 64.2 cm³/mol. The van der Waals surface area contributed by atoms with Crippen molar-refractivity contribution >= 4 is 6.09 Å². The van der Waals surface area contributed by atoms with Crippen LogP contribution in [0.15, 0.2) is 0 Å². The van der Waals surface area contributed by atoms with Gasteiger partial charge in [-0.25, -0.2) is 4.79 Å². The Morgan fingerprint density at radius 2 is 2.00 bits per heavy atom. The van der Waals surface area contributed by atoms with Crippen molar-refractivity contribution in [2.75, 3.05) is 0 Å². The minimum absolute atomic E-state index is 0.0291. The summed E-state index contributed by atoms with van der Waals surface area (Å²) in [6.45, 7) is 5.68. The van der Waals surface area contributed by atoms with E-state index < -0.39 is 5.60 Å². The second-order valence-electron chi connectivity index (χ2n) is 6.53. The fourth-order valence-electron chi connectivity index (χ4n) is 3.66. The average molecular weight is 233 g/mol. The molecule has 0 aromatic heterocycles. The summed E-state index contributed by atoms with van der Waals surface area (Å²) in [5.41, 5.74) is -0.443. The van der Waals surface area contributed by atoms with Crippen LogP contribution < -0.4 is 0 Å². The number of nitrogens with zero attached hydrogens (tertiary/aromatic N) is 1. The van der Waals surface area contributed by atoms with Crippen molar-refractivity contribution < 1.29 is 9.53 Å². The zero-order chi connectivity index (χ0) is 12.4. The van der Waals surface area contributed by atoms with Gasteiger partial charge in [0.15, 0.2) is 0 Å². The van der Waals surface area contributed by atoms with Gasteiger partial charge in [-0.05, 0) is 51.4 Å². The van der Waals surface area contributed by atoms with Crippen molar-refractivity contribution in [3.8, 4) is 12.3 Å². The largest absolute Gasteiger partial charge is 0.444 e. The summed E-state index contributed by atoms with van der Waals surface area (Å²) in [5, 5.41) is 0. The van der Waals surface area contributed by atoms with E-state index in [4.69, 9.17) is 11.2 Å². The third-order valence-electron chi connectivity index (χ3n) is 4.29. The fourth-order valence-corrected chi connectivity index (χ4v) is 3.66. The molecule has 0 aromatic carbocycles. The molecule has 3 fully saturated rings. The summed E-state index contributed by atoms with van der Waals surface area (Å²) in [5.74, 6) is 4.82. The molecular weight excluding hydrogens is 214 g/mol. The van der Waals surface area contributed by atoms with Gasteiger partial charge in [-0.3, -0.25) is 4.90 Å². The first-order valence-corrected chi connectivity index (χ1v) is 6.40. The highest BCUT2D eigenvalue weighted by Crippen LogP contribution is 2.63. The minimum atomic E-state index is -0.443. The average Bonchev–Trinajstić information content (AvgIpc) is 2.82. The van der Waals surface area contributed by atoms with E-state index in [1.807, 2.05) is 25.7 Å². The molecule has 3 nitrogen and oxygen atoms in total. The van der Waals surface area contributed by atoms with Crippen molar-refractivity contribution in [3.63, 3.8) is 0 Å². The van der Waals surface area contributed by atoms with Crippen LogP contribution in [-0.2, 0) is 4.74 Å². The third-order valence-corrected chi connectivity index (χ3v) is 4.29. The van der Waals surface area contributed by atoms with Gasteiger partial charge in [0.1, 0.15) is 5.60 Å². The van der Waals surface area contributed by atoms with Crippen LogP contribution in [0.2, 0.25) is 0 Å². The number of amides is 1. The van der Waals surface area contributed by atoms with Crippen molar-refractivity contribution in [2.24, 2.45) is 17.8 Å². The van der Waals surface area contributed by atoms with E-state index >= 15 is 0 Å². The highest BCUT2D eigenvalue weighted by atomic mass is 16.6. The summed E-state index contributed by atoms with van der Waals surface area (Å²) < 4.78 is 5.46. The van der Waals surface area contributed by atoms with Gasteiger partial charge in [0.05, 0.1) is 6.04 Å². The molecule has 1 saturated heterocycles. The second kappa shape index (κ2) is 3.19. The first kappa shape index (κ1) is 11.0. The maximum atomic E-state index is 12.2. The molecule has 2 saturated carbocycles. The highest BCUT2D eigenvalue weighted by Gasteiger charge is 2.65. The Morgan fingerprint density at radius 3 is 2.59 bits per heavy atom. The number of rotatable bonds is 0. The fraction of sp³-hybridized carbons (Fsp3) is 0.786. The van der Waals surface area contributed by atoms with Gasteiger partial charge >= 0.3 is 6.09 Å².